The minimum atomic E-state index is -0.367. The molecule has 0 spiro atoms. The summed E-state index contributed by atoms with van der Waals surface area (Å²) in [6.07, 6.45) is 1.43. The van der Waals surface area contributed by atoms with Crippen LogP contribution in [0.1, 0.15) is 10.6 Å². The number of hydrogen-bond acceptors (Lipinski definition) is 6. The number of nitrogens with one attached hydrogen (secondary N) is 3. The lowest BCUT2D eigenvalue weighted by atomic mass is 10.2. The second-order valence-corrected chi connectivity index (χ2v) is 7.45. The van der Waals surface area contributed by atoms with E-state index < -0.39 is 0 Å². The first-order valence-corrected chi connectivity index (χ1v) is 11.0. The third-order valence-electron chi connectivity index (χ3n) is 4.80. The number of furan rings is 1. The summed E-state index contributed by atoms with van der Waals surface area (Å²) in [5.74, 6) is 1.07. The maximum absolute atomic E-state index is 12.4. The van der Waals surface area contributed by atoms with Crippen LogP contribution >= 0.6 is 0 Å². The fraction of sp³-hybridized carbons (Fsp3) is 0.111. The zero-order valence-electron chi connectivity index (χ0n) is 18.9. The van der Waals surface area contributed by atoms with E-state index in [-0.39, 0.29) is 24.1 Å². The highest BCUT2D eigenvalue weighted by Crippen LogP contribution is 2.19. The molecule has 0 aliphatic rings. The summed E-state index contributed by atoms with van der Waals surface area (Å²) in [4.78, 5) is 24.5. The van der Waals surface area contributed by atoms with Crippen LogP contribution < -0.4 is 25.4 Å². The predicted octanol–water partition coefficient (Wildman–Crippen LogP) is 5.04. The summed E-state index contributed by atoms with van der Waals surface area (Å²) in [7, 11) is 0. The van der Waals surface area contributed by atoms with Crippen molar-refractivity contribution in [3.8, 4) is 11.5 Å². The average molecular weight is 472 g/mol. The van der Waals surface area contributed by atoms with Gasteiger partial charge in [-0.3, -0.25) is 9.59 Å². The van der Waals surface area contributed by atoms with Crippen molar-refractivity contribution >= 4 is 28.9 Å². The van der Waals surface area contributed by atoms with E-state index in [4.69, 9.17) is 13.9 Å². The van der Waals surface area contributed by atoms with Crippen molar-refractivity contribution < 1.29 is 23.5 Å². The first-order valence-electron chi connectivity index (χ1n) is 11.0. The van der Waals surface area contributed by atoms with Crippen molar-refractivity contribution in [3.05, 3.63) is 103 Å². The molecule has 8 heteroatoms. The number of ether oxygens (including phenoxy) is 2. The van der Waals surface area contributed by atoms with Gasteiger partial charge in [0.05, 0.1) is 12.8 Å². The average Bonchev–Trinajstić information content (AvgIpc) is 3.42. The van der Waals surface area contributed by atoms with E-state index in [0.29, 0.717) is 30.3 Å². The molecule has 178 valence electrons. The van der Waals surface area contributed by atoms with Crippen LogP contribution in [0.25, 0.3) is 0 Å². The molecule has 0 saturated carbocycles. The second kappa shape index (κ2) is 11.9. The molecule has 8 nitrogen and oxygen atoms in total. The number of benzene rings is 3. The molecule has 0 aliphatic heterocycles. The van der Waals surface area contributed by atoms with Gasteiger partial charge in [0.1, 0.15) is 24.7 Å². The Morgan fingerprint density at radius 2 is 1.37 bits per heavy atom. The van der Waals surface area contributed by atoms with Gasteiger partial charge >= 0.3 is 0 Å². The number of para-hydroxylation sites is 1. The second-order valence-electron chi connectivity index (χ2n) is 7.45. The first-order chi connectivity index (χ1) is 17.2. The predicted molar refractivity (Wildman–Crippen MR) is 134 cm³/mol. The quantitative estimate of drug-likeness (QED) is 0.265. The molecule has 0 unspecified atom stereocenters. The van der Waals surface area contributed by atoms with Crippen molar-refractivity contribution in [1.82, 2.24) is 0 Å². The Balaban J connectivity index is 1.22. The van der Waals surface area contributed by atoms with Crippen LogP contribution in [0, 0.1) is 0 Å². The summed E-state index contributed by atoms with van der Waals surface area (Å²) in [6, 6.07) is 27.0. The van der Waals surface area contributed by atoms with Gasteiger partial charge in [0.2, 0.25) is 5.91 Å². The molecule has 1 aromatic heterocycles. The molecule has 0 atom stereocenters. The molecule has 0 radical (unpaired) electrons. The Morgan fingerprint density at radius 3 is 2.14 bits per heavy atom. The van der Waals surface area contributed by atoms with Gasteiger partial charge in [0.25, 0.3) is 5.91 Å². The third-order valence-corrected chi connectivity index (χ3v) is 4.80. The molecule has 3 aromatic carbocycles. The normalized spacial score (nSPS) is 10.3. The molecule has 4 aromatic rings. The Labute approximate surface area is 202 Å². The van der Waals surface area contributed by atoms with Crippen molar-refractivity contribution in [1.29, 1.82) is 0 Å². The lowest BCUT2D eigenvalue weighted by molar-refractivity contribution is -0.114. The van der Waals surface area contributed by atoms with E-state index in [2.05, 4.69) is 16.0 Å². The van der Waals surface area contributed by atoms with Gasteiger partial charge in [-0.1, -0.05) is 30.3 Å². The molecule has 1 heterocycles. The van der Waals surface area contributed by atoms with Crippen LogP contribution in [0.2, 0.25) is 0 Å². The zero-order chi connectivity index (χ0) is 24.3. The number of carbonyl (C=O) groups is 2. The minimum Gasteiger partial charge on any atom is -0.490 e. The monoisotopic (exact) mass is 471 g/mol. The third kappa shape index (κ3) is 7.40. The largest absolute Gasteiger partial charge is 0.490 e. The van der Waals surface area contributed by atoms with Crippen LogP contribution in [-0.2, 0) is 4.79 Å². The Bertz CT molecular complexity index is 1240. The van der Waals surface area contributed by atoms with Gasteiger partial charge < -0.3 is 29.8 Å². The highest BCUT2D eigenvalue weighted by molar-refractivity contribution is 6.02. The van der Waals surface area contributed by atoms with Crippen LogP contribution in [0.3, 0.4) is 0 Å². The molecule has 0 bridgehead atoms. The van der Waals surface area contributed by atoms with Crippen LogP contribution in [-0.4, -0.2) is 31.6 Å². The summed E-state index contributed by atoms with van der Waals surface area (Å²) in [5, 5.41) is 8.62. The van der Waals surface area contributed by atoms with Crippen molar-refractivity contribution in [2.45, 2.75) is 0 Å². The van der Waals surface area contributed by atoms with Crippen molar-refractivity contribution in [2.24, 2.45) is 0 Å². The number of amides is 2. The molecule has 4 rings (SSSR count). The number of anilines is 3. The molecule has 0 aliphatic carbocycles. The van der Waals surface area contributed by atoms with Crippen LogP contribution in [0.4, 0.5) is 17.1 Å². The molecule has 35 heavy (non-hydrogen) atoms. The Morgan fingerprint density at radius 1 is 0.686 bits per heavy atom. The van der Waals surface area contributed by atoms with Crippen molar-refractivity contribution in [2.75, 3.05) is 35.7 Å². The minimum absolute atomic E-state index is 0.0591. The van der Waals surface area contributed by atoms with Gasteiger partial charge in [0, 0.05) is 23.1 Å². The lowest BCUT2D eigenvalue weighted by Crippen LogP contribution is -2.22. The SMILES string of the molecule is O=C(CNc1cccc(OCCOc2ccccc2)c1)Nc1cccc(NC(=O)c2ccco2)c1. The highest BCUT2D eigenvalue weighted by atomic mass is 16.5. The van der Waals surface area contributed by atoms with Gasteiger partial charge in [-0.25, -0.2) is 0 Å². The number of rotatable bonds is 11. The Kier molecular flexibility index (Phi) is 8.00. The van der Waals surface area contributed by atoms with Crippen LogP contribution in [0.15, 0.2) is 102 Å². The van der Waals surface area contributed by atoms with E-state index in [1.165, 1.54) is 6.26 Å². The van der Waals surface area contributed by atoms with Crippen molar-refractivity contribution in [3.63, 3.8) is 0 Å². The summed E-state index contributed by atoms with van der Waals surface area (Å²) in [6.45, 7) is 0.875. The van der Waals surface area contributed by atoms with Crippen LogP contribution in [0.5, 0.6) is 11.5 Å². The number of hydrogen-bond donors (Lipinski definition) is 3. The van der Waals surface area contributed by atoms with E-state index in [1.54, 1.807) is 36.4 Å². The molecular formula is C27H25N3O5. The molecular weight excluding hydrogens is 446 g/mol. The summed E-state index contributed by atoms with van der Waals surface area (Å²) in [5.41, 5.74) is 1.85. The fourth-order valence-electron chi connectivity index (χ4n) is 3.19. The highest BCUT2D eigenvalue weighted by Gasteiger charge is 2.09. The Hall–Kier alpha value is -4.72. The van der Waals surface area contributed by atoms with E-state index >= 15 is 0 Å². The topological polar surface area (TPSA) is 102 Å². The zero-order valence-corrected chi connectivity index (χ0v) is 18.9. The smallest absolute Gasteiger partial charge is 0.291 e. The fourth-order valence-corrected chi connectivity index (χ4v) is 3.19. The van der Waals surface area contributed by atoms with Gasteiger partial charge in [-0.05, 0) is 54.6 Å². The lowest BCUT2D eigenvalue weighted by Gasteiger charge is -2.11. The molecule has 3 N–H and O–H groups in total. The van der Waals surface area contributed by atoms with E-state index in [1.807, 2.05) is 54.6 Å². The summed E-state index contributed by atoms with van der Waals surface area (Å²) >= 11 is 0. The summed E-state index contributed by atoms with van der Waals surface area (Å²) < 4.78 is 16.4. The molecule has 2 amide bonds. The van der Waals surface area contributed by atoms with Gasteiger partial charge in [-0.2, -0.15) is 0 Å². The van der Waals surface area contributed by atoms with Gasteiger partial charge in [-0.15, -0.1) is 0 Å². The maximum Gasteiger partial charge on any atom is 0.291 e. The molecule has 0 saturated heterocycles. The molecule has 0 fully saturated rings. The van der Waals surface area contributed by atoms with E-state index in [0.717, 1.165) is 11.4 Å². The maximum atomic E-state index is 12.4. The first kappa shape index (κ1) is 23.4. The standard InChI is InChI=1S/C27H25N3O5/c31-26(29-21-8-4-9-22(17-21)30-27(32)25-13-6-14-35-25)19-28-20-7-5-12-24(18-20)34-16-15-33-23-10-2-1-3-11-23/h1-14,17-18,28H,15-16,19H2,(H,29,31)(H,30,32). The number of carbonyl (C=O) groups excluding carboxylic acids is 2. The van der Waals surface area contributed by atoms with Gasteiger partial charge in [0.15, 0.2) is 5.76 Å². The van der Waals surface area contributed by atoms with E-state index in [9.17, 15) is 9.59 Å².